The second kappa shape index (κ2) is 5.63. The molecule has 3 nitrogen and oxygen atoms in total. The molecule has 96 valence electrons. The lowest BCUT2D eigenvalue weighted by atomic mass is 10.2. The number of oxazole rings is 1. The van der Waals surface area contributed by atoms with Gasteiger partial charge in [0.1, 0.15) is 5.82 Å². The largest absolute Gasteiger partial charge is 0.439 e. The third-order valence-corrected chi connectivity index (χ3v) is 3.03. The average molecular weight is 313 g/mol. The summed E-state index contributed by atoms with van der Waals surface area (Å²) >= 11 is 3.15. The maximum Gasteiger partial charge on any atom is 0.208 e. The van der Waals surface area contributed by atoms with Crippen molar-refractivity contribution in [3.63, 3.8) is 0 Å². The Morgan fingerprint density at radius 3 is 2.89 bits per heavy atom. The molecule has 2 rings (SSSR count). The molecule has 18 heavy (non-hydrogen) atoms. The molecule has 0 atom stereocenters. The van der Waals surface area contributed by atoms with Crippen LogP contribution in [-0.4, -0.2) is 11.0 Å². The summed E-state index contributed by atoms with van der Waals surface area (Å²) in [6, 6.07) is 5.12. The van der Waals surface area contributed by atoms with Gasteiger partial charge in [0.05, 0.1) is 17.2 Å². The molecule has 1 aromatic carbocycles. The van der Waals surface area contributed by atoms with Crippen LogP contribution in [0.2, 0.25) is 0 Å². The predicted molar refractivity (Wildman–Crippen MR) is 71.6 cm³/mol. The normalized spacial score (nSPS) is 11.2. The lowest BCUT2D eigenvalue weighted by Crippen LogP contribution is -2.21. The summed E-state index contributed by atoms with van der Waals surface area (Å²) in [5, 5.41) is 3.22. The van der Waals surface area contributed by atoms with Crippen LogP contribution in [0.25, 0.3) is 11.3 Å². The number of halogens is 2. The van der Waals surface area contributed by atoms with Gasteiger partial charge in [0.15, 0.2) is 5.76 Å². The molecule has 0 aliphatic carbocycles. The molecule has 0 amide bonds. The number of hydrogen-bond acceptors (Lipinski definition) is 3. The molecule has 0 aliphatic rings. The van der Waals surface area contributed by atoms with Gasteiger partial charge < -0.3 is 9.73 Å². The first-order valence-electron chi connectivity index (χ1n) is 5.70. The zero-order valence-corrected chi connectivity index (χ0v) is 11.8. The van der Waals surface area contributed by atoms with E-state index >= 15 is 0 Å². The zero-order valence-electron chi connectivity index (χ0n) is 10.2. The third-order valence-electron chi connectivity index (χ3n) is 2.42. The summed E-state index contributed by atoms with van der Waals surface area (Å²) in [7, 11) is 0. The van der Waals surface area contributed by atoms with E-state index in [1.54, 1.807) is 18.3 Å². The number of hydrogen-bond donors (Lipinski definition) is 1. The second-order valence-corrected chi connectivity index (χ2v) is 5.14. The van der Waals surface area contributed by atoms with Crippen LogP contribution in [0.15, 0.2) is 33.3 Å². The second-order valence-electron chi connectivity index (χ2n) is 4.28. The number of nitrogens with zero attached hydrogens (tertiary/aromatic N) is 1. The molecular weight excluding hydrogens is 299 g/mol. The van der Waals surface area contributed by atoms with Gasteiger partial charge in [-0.15, -0.1) is 0 Å². The van der Waals surface area contributed by atoms with Crippen LogP contribution < -0.4 is 5.32 Å². The minimum absolute atomic E-state index is 0.292. The molecule has 5 heteroatoms. The molecule has 2 aromatic rings. The van der Waals surface area contributed by atoms with E-state index in [1.807, 2.05) is 0 Å². The molecular formula is C13H14BrFN2O. The standard InChI is InChI=1S/C13H14BrFN2O/c1-8(2)16-7-13-17-6-12(18-13)9-3-4-11(15)10(14)5-9/h3-6,8,16H,7H2,1-2H3. The molecule has 0 saturated carbocycles. The van der Waals surface area contributed by atoms with Crippen molar-refractivity contribution in [2.75, 3.05) is 0 Å². The first kappa shape index (κ1) is 13.2. The van der Waals surface area contributed by atoms with Crippen LogP contribution >= 0.6 is 15.9 Å². The van der Waals surface area contributed by atoms with E-state index in [0.717, 1.165) is 5.56 Å². The van der Waals surface area contributed by atoms with Crippen LogP contribution in [0, 0.1) is 5.82 Å². The van der Waals surface area contributed by atoms with Crippen molar-refractivity contribution in [1.29, 1.82) is 0 Å². The lowest BCUT2D eigenvalue weighted by Gasteiger charge is -2.04. The van der Waals surface area contributed by atoms with Gasteiger partial charge in [-0.1, -0.05) is 13.8 Å². The Morgan fingerprint density at radius 2 is 2.22 bits per heavy atom. The molecule has 0 spiro atoms. The fourth-order valence-corrected chi connectivity index (χ4v) is 1.85. The molecule has 0 aliphatic heterocycles. The van der Waals surface area contributed by atoms with Crippen LogP contribution in [-0.2, 0) is 6.54 Å². The number of benzene rings is 1. The van der Waals surface area contributed by atoms with Gasteiger partial charge >= 0.3 is 0 Å². The smallest absolute Gasteiger partial charge is 0.208 e. The highest BCUT2D eigenvalue weighted by Crippen LogP contribution is 2.25. The van der Waals surface area contributed by atoms with Crippen molar-refractivity contribution in [1.82, 2.24) is 10.3 Å². The number of rotatable bonds is 4. The zero-order chi connectivity index (χ0) is 13.1. The third kappa shape index (κ3) is 3.17. The van der Waals surface area contributed by atoms with Crippen molar-refractivity contribution < 1.29 is 8.81 Å². The van der Waals surface area contributed by atoms with Gasteiger partial charge in [-0.05, 0) is 34.1 Å². The number of aromatic nitrogens is 1. The Kier molecular flexibility index (Phi) is 4.14. The Bertz CT molecular complexity index is 540. The van der Waals surface area contributed by atoms with E-state index in [1.165, 1.54) is 6.07 Å². The average Bonchev–Trinajstić information content (AvgIpc) is 2.79. The van der Waals surface area contributed by atoms with Crippen LogP contribution in [0.4, 0.5) is 4.39 Å². The minimum atomic E-state index is -0.292. The van der Waals surface area contributed by atoms with E-state index in [0.29, 0.717) is 28.7 Å². The van der Waals surface area contributed by atoms with Crippen molar-refractivity contribution in [3.8, 4) is 11.3 Å². The maximum atomic E-state index is 13.1. The lowest BCUT2D eigenvalue weighted by molar-refractivity contribution is 0.459. The van der Waals surface area contributed by atoms with Gasteiger partial charge in [-0.2, -0.15) is 0 Å². The monoisotopic (exact) mass is 312 g/mol. The van der Waals surface area contributed by atoms with Crippen molar-refractivity contribution in [2.24, 2.45) is 0 Å². The summed E-state index contributed by atoms with van der Waals surface area (Å²) in [6.45, 7) is 4.70. The van der Waals surface area contributed by atoms with Crippen LogP contribution in [0.5, 0.6) is 0 Å². The Hall–Kier alpha value is -1.20. The van der Waals surface area contributed by atoms with E-state index in [9.17, 15) is 4.39 Å². The predicted octanol–water partition coefficient (Wildman–Crippen LogP) is 3.74. The molecule has 0 radical (unpaired) electrons. The first-order valence-corrected chi connectivity index (χ1v) is 6.49. The topological polar surface area (TPSA) is 38.1 Å². The molecule has 0 bridgehead atoms. The highest BCUT2D eigenvalue weighted by Gasteiger charge is 2.08. The minimum Gasteiger partial charge on any atom is -0.439 e. The van der Waals surface area contributed by atoms with Gasteiger partial charge in [0.25, 0.3) is 0 Å². The van der Waals surface area contributed by atoms with E-state index < -0.39 is 0 Å². The van der Waals surface area contributed by atoms with Gasteiger partial charge in [0, 0.05) is 11.6 Å². The molecule has 1 aromatic heterocycles. The van der Waals surface area contributed by atoms with Gasteiger partial charge in [0.2, 0.25) is 5.89 Å². The summed E-state index contributed by atoms with van der Waals surface area (Å²) in [4.78, 5) is 4.18. The Balaban J connectivity index is 2.16. The Morgan fingerprint density at radius 1 is 1.44 bits per heavy atom. The van der Waals surface area contributed by atoms with Gasteiger partial charge in [-0.3, -0.25) is 0 Å². The summed E-state index contributed by atoms with van der Waals surface area (Å²) < 4.78 is 19.1. The SMILES string of the molecule is CC(C)NCc1ncc(-c2ccc(F)c(Br)c2)o1. The number of nitrogens with one attached hydrogen (secondary N) is 1. The van der Waals surface area contributed by atoms with Crippen molar-refractivity contribution >= 4 is 15.9 Å². The van der Waals surface area contributed by atoms with Crippen molar-refractivity contribution in [3.05, 3.63) is 40.6 Å². The van der Waals surface area contributed by atoms with E-state index in [4.69, 9.17) is 4.42 Å². The highest BCUT2D eigenvalue weighted by atomic mass is 79.9. The van der Waals surface area contributed by atoms with E-state index in [2.05, 4.69) is 40.1 Å². The quantitative estimate of drug-likeness (QED) is 0.934. The molecule has 1 N–H and O–H groups in total. The molecule has 0 unspecified atom stereocenters. The maximum absolute atomic E-state index is 13.1. The van der Waals surface area contributed by atoms with E-state index in [-0.39, 0.29) is 5.82 Å². The highest BCUT2D eigenvalue weighted by molar-refractivity contribution is 9.10. The summed E-state index contributed by atoms with van der Waals surface area (Å²) in [5.74, 6) is 0.968. The molecule has 0 fully saturated rings. The molecule has 0 saturated heterocycles. The van der Waals surface area contributed by atoms with Crippen LogP contribution in [0.3, 0.4) is 0 Å². The fourth-order valence-electron chi connectivity index (χ4n) is 1.47. The Labute approximate surface area is 114 Å². The fraction of sp³-hybridized carbons (Fsp3) is 0.308. The molecule has 1 heterocycles. The van der Waals surface area contributed by atoms with Crippen LogP contribution in [0.1, 0.15) is 19.7 Å². The first-order chi connectivity index (χ1) is 8.56. The van der Waals surface area contributed by atoms with Crippen molar-refractivity contribution in [2.45, 2.75) is 26.4 Å². The summed E-state index contributed by atoms with van der Waals surface area (Å²) in [5.41, 5.74) is 0.798. The summed E-state index contributed by atoms with van der Waals surface area (Å²) in [6.07, 6.45) is 1.65. The van der Waals surface area contributed by atoms with Gasteiger partial charge in [-0.25, -0.2) is 9.37 Å².